The van der Waals surface area contributed by atoms with Gasteiger partial charge in [-0.25, -0.2) is 4.98 Å². The molecule has 1 amide bonds. The molecule has 1 aliphatic heterocycles. The minimum Gasteiger partial charge on any atom is -0.346 e. The van der Waals surface area contributed by atoms with Crippen LogP contribution in [0.1, 0.15) is 45.8 Å². The van der Waals surface area contributed by atoms with Gasteiger partial charge in [0, 0.05) is 30.4 Å². The van der Waals surface area contributed by atoms with E-state index in [9.17, 15) is 4.79 Å². The first-order valence-electron chi connectivity index (χ1n) is 10.2. The molecular weight excluding hydrogens is 386 g/mol. The summed E-state index contributed by atoms with van der Waals surface area (Å²) >= 11 is 0. The third-order valence-corrected chi connectivity index (χ3v) is 6.06. The quantitative estimate of drug-likeness (QED) is 0.477. The van der Waals surface area contributed by atoms with Crippen molar-refractivity contribution in [3.8, 4) is 0 Å². The van der Waals surface area contributed by atoms with Gasteiger partial charge >= 0.3 is 0 Å². The fraction of sp³-hybridized carbons (Fsp3) is 0.160. The lowest BCUT2D eigenvalue weighted by Gasteiger charge is -2.33. The number of imidazole rings is 1. The van der Waals surface area contributed by atoms with Crippen molar-refractivity contribution in [1.82, 2.24) is 15.0 Å². The molecule has 31 heavy (non-hydrogen) atoms. The maximum absolute atomic E-state index is 12.4. The number of carbonyl (C=O) groups is 1. The van der Waals surface area contributed by atoms with E-state index >= 15 is 0 Å². The highest BCUT2D eigenvalue weighted by Gasteiger charge is 2.36. The molecule has 3 heterocycles. The van der Waals surface area contributed by atoms with Crippen molar-refractivity contribution in [2.75, 3.05) is 5.32 Å². The minimum atomic E-state index is -0.916. The number of anilines is 1. The number of hydrogen-bond acceptors (Lipinski definition) is 4. The summed E-state index contributed by atoms with van der Waals surface area (Å²) in [6.45, 7) is 2.05. The highest BCUT2D eigenvalue weighted by Crippen LogP contribution is 2.41. The smallest absolute Gasteiger partial charge is 0.225 e. The Morgan fingerprint density at radius 3 is 2.55 bits per heavy atom. The van der Waals surface area contributed by atoms with Gasteiger partial charge in [-0.15, -0.1) is 0 Å². The summed E-state index contributed by atoms with van der Waals surface area (Å²) in [6.07, 6.45) is 7.34. The van der Waals surface area contributed by atoms with Crippen LogP contribution in [-0.2, 0) is 10.3 Å². The highest BCUT2D eigenvalue weighted by molar-refractivity contribution is 5.95. The first kappa shape index (κ1) is 19.2. The fourth-order valence-electron chi connectivity index (χ4n) is 4.35. The van der Waals surface area contributed by atoms with Gasteiger partial charge in [0.25, 0.3) is 0 Å². The van der Waals surface area contributed by atoms with Crippen LogP contribution in [-0.4, -0.2) is 20.9 Å². The van der Waals surface area contributed by atoms with Crippen molar-refractivity contribution in [1.29, 1.82) is 0 Å². The lowest BCUT2D eigenvalue weighted by molar-refractivity contribution is -0.116. The molecule has 2 aromatic carbocycles. The fourth-order valence-corrected chi connectivity index (χ4v) is 4.35. The monoisotopic (exact) mass is 409 g/mol. The predicted octanol–water partition coefficient (Wildman–Crippen LogP) is 3.84. The van der Waals surface area contributed by atoms with E-state index in [0.29, 0.717) is 6.42 Å². The first-order chi connectivity index (χ1) is 15.1. The molecule has 6 heteroatoms. The lowest BCUT2D eigenvalue weighted by atomic mass is 9.77. The third-order valence-electron chi connectivity index (χ3n) is 6.06. The summed E-state index contributed by atoms with van der Waals surface area (Å²) in [5.74, 6) is -0.0818. The Labute approximate surface area is 180 Å². The van der Waals surface area contributed by atoms with Crippen LogP contribution in [0.5, 0.6) is 0 Å². The molecule has 1 aliphatic rings. The molecule has 2 aromatic heterocycles. The van der Waals surface area contributed by atoms with Gasteiger partial charge in [0.05, 0.1) is 18.2 Å². The number of aryl methyl sites for hydroxylation is 1. The summed E-state index contributed by atoms with van der Waals surface area (Å²) in [4.78, 5) is 24.0. The van der Waals surface area contributed by atoms with E-state index in [4.69, 9.17) is 5.73 Å². The summed E-state index contributed by atoms with van der Waals surface area (Å²) < 4.78 is 0. The molecule has 0 radical (unpaired) electrons. The number of hydrogen-bond donors (Lipinski definition) is 3. The molecule has 154 valence electrons. The molecule has 6 nitrogen and oxygen atoms in total. The van der Waals surface area contributed by atoms with E-state index in [1.807, 2.05) is 30.5 Å². The van der Waals surface area contributed by atoms with Crippen molar-refractivity contribution in [3.63, 3.8) is 0 Å². The molecule has 0 bridgehead atoms. The van der Waals surface area contributed by atoms with Gasteiger partial charge in [-0.1, -0.05) is 48.0 Å². The standard InChI is InChI=1S/C25H23N5O/c1-16-4-6-18(7-5-16)25(26,23-14-28-15-29-23)19-8-9-22-21(11-19)20(12-24(31)30-22)17-3-2-10-27-13-17/h2-11,13-15,20H,12,26H2,1H3,(H,28,29)(H,30,31). The number of nitrogens with one attached hydrogen (secondary N) is 2. The SMILES string of the molecule is Cc1ccc(C(N)(c2ccc3c(c2)C(c2cccnc2)CC(=O)N3)c2cnc[nH]2)cc1. The van der Waals surface area contributed by atoms with Crippen LogP contribution in [0, 0.1) is 6.92 Å². The molecule has 4 N–H and O–H groups in total. The Kier molecular flexibility index (Phi) is 4.64. The second-order valence-corrected chi connectivity index (χ2v) is 8.03. The van der Waals surface area contributed by atoms with Gasteiger partial charge in [-0.3, -0.25) is 9.78 Å². The molecule has 5 rings (SSSR count). The Hall–Kier alpha value is -3.77. The molecule has 0 saturated heterocycles. The van der Waals surface area contributed by atoms with Gasteiger partial charge in [-0.2, -0.15) is 0 Å². The van der Waals surface area contributed by atoms with Gasteiger partial charge in [0.2, 0.25) is 5.91 Å². The Balaban J connectivity index is 1.69. The van der Waals surface area contributed by atoms with Gasteiger partial charge in [-0.05, 0) is 41.3 Å². The second kappa shape index (κ2) is 7.49. The summed E-state index contributed by atoms with van der Waals surface area (Å²) in [7, 11) is 0. The second-order valence-electron chi connectivity index (χ2n) is 8.03. The summed E-state index contributed by atoms with van der Waals surface area (Å²) in [5.41, 5.74) is 12.9. The summed E-state index contributed by atoms with van der Waals surface area (Å²) in [5, 5.41) is 3.00. The van der Waals surface area contributed by atoms with E-state index in [1.165, 1.54) is 5.56 Å². The largest absolute Gasteiger partial charge is 0.346 e. The number of aromatic amines is 1. The zero-order valence-electron chi connectivity index (χ0n) is 17.2. The number of pyridine rings is 1. The van der Waals surface area contributed by atoms with Gasteiger partial charge < -0.3 is 16.0 Å². The van der Waals surface area contributed by atoms with Crippen molar-refractivity contribution < 1.29 is 4.79 Å². The van der Waals surface area contributed by atoms with Crippen molar-refractivity contribution in [2.24, 2.45) is 5.73 Å². The third kappa shape index (κ3) is 3.31. The zero-order chi connectivity index (χ0) is 21.4. The van der Waals surface area contributed by atoms with Gasteiger partial charge in [0.1, 0.15) is 5.54 Å². The molecule has 0 fully saturated rings. The molecule has 2 atom stereocenters. The number of rotatable bonds is 4. The van der Waals surface area contributed by atoms with Crippen LogP contribution in [0.3, 0.4) is 0 Å². The van der Waals surface area contributed by atoms with Gasteiger partial charge in [0.15, 0.2) is 0 Å². The maximum atomic E-state index is 12.4. The van der Waals surface area contributed by atoms with E-state index in [-0.39, 0.29) is 11.8 Å². The van der Waals surface area contributed by atoms with Crippen LogP contribution in [0.15, 0.2) is 79.5 Å². The average molecular weight is 409 g/mol. The topological polar surface area (TPSA) is 96.7 Å². The zero-order valence-corrected chi connectivity index (χ0v) is 17.2. The van der Waals surface area contributed by atoms with Crippen LogP contribution in [0.4, 0.5) is 5.69 Å². The Bertz CT molecular complexity index is 1220. The molecular formula is C25H23N5O. The van der Waals surface area contributed by atoms with Crippen molar-refractivity contribution in [3.05, 3.63) is 113 Å². The van der Waals surface area contributed by atoms with Crippen LogP contribution < -0.4 is 11.1 Å². The molecule has 0 saturated carbocycles. The van der Waals surface area contributed by atoms with Crippen molar-refractivity contribution >= 4 is 11.6 Å². The summed E-state index contributed by atoms with van der Waals surface area (Å²) in [6, 6.07) is 18.2. The number of carbonyl (C=O) groups excluding carboxylic acids is 1. The number of nitrogens with zero attached hydrogens (tertiary/aromatic N) is 2. The Morgan fingerprint density at radius 2 is 1.84 bits per heavy atom. The van der Waals surface area contributed by atoms with Crippen LogP contribution in [0.25, 0.3) is 0 Å². The minimum absolute atomic E-state index is 0.000201. The molecule has 0 aliphatic carbocycles. The van der Waals surface area contributed by atoms with E-state index in [1.54, 1.807) is 18.7 Å². The number of aromatic nitrogens is 3. The van der Waals surface area contributed by atoms with E-state index in [2.05, 4.69) is 57.5 Å². The number of amides is 1. The number of fused-ring (bicyclic) bond motifs is 1. The lowest BCUT2D eigenvalue weighted by Crippen LogP contribution is -2.40. The first-order valence-corrected chi connectivity index (χ1v) is 10.2. The number of nitrogens with two attached hydrogens (primary N) is 1. The van der Waals surface area contributed by atoms with E-state index < -0.39 is 5.54 Å². The van der Waals surface area contributed by atoms with Crippen molar-refractivity contribution in [2.45, 2.75) is 24.8 Å². The molecule has 0 spiro atoms. The van der Waals surface area contributed by atoms with Crippen LogP contribution >= 0.6 is 0 Å². The molecule has 4 aromatic rings. The highest BCUT2D eigenvalue weighted by atomic mass is 16.1. The predicted molar refractivity (Wildman–Crippen MR) is 120 cm³/mol. The van der Waals surface area contributed by atoms with E-state index in [0.717, 1.165) is 33.6 Å². The number of benzene rings is 2. The Morgan fingerprint density at radius 1 is 1.03 bits per heavy atom. The molecule has 2 unspecified atom stereocenters. The van der Waals surface area contributed by atoms with Crippen LogP contribution in [0.2, 0.25) is 0 Å². The maximum Gasteiger partial charge on any atom is 0.225 e. The average Bonchev–Trinajstić information content (AvgIpc) is 3.34. The normalized spacial score (nSPS) is 17.5. The number of H-pyrrole nitrogens is 1.